The zero-order valence-corrected chi connectivity index (χ0v) is 12.0. The highest BCUT2D eigenvalue weighted by molar-refractivity contribution is 8.13. The molecule has 1 unspecified atom stereocenters. The molecule has 1 rings (SSSR count). The molecule has 16 heavy (non-hydrogen) atoms. The number of hydrogen-bond donors (Lipinski definition) is 1. The molecular weight excluding hydrogens is 216 g/mol. The first-order chi connectivity index (χ1) is 7.53. The summed E-state index contributed by atoms with van der Waals surface area (Å²) in [5, 5.41) is 4.68. The molecule has 94 valence electrons. The molecule has 0 radical (unpaired) electrons. The molecule has 0 amide bonds. The van der Waals surface area contributed by atoms with Crippen molar-refractivity contribution in [2.24, 2.45) is 4.99 Å². The lowest BCUT2D eigenvalue weighted by Crippen LogP contribution is -2.46. The maximum Gasteiger partial charge on any atom is 0.157 e. The van der Waals surface area contributed by atoms with Crippen LogP contribution in [0, 0.1) is 0 Å². The van der Waals surface area contributed by atoms with E-state index >= 15 is 0 Å². The largest absolute Gasteiger partial charge is 0.360 e. The maximum atomic E-state index is 4.77. The van der Waals surface area contributed by atoms with Gasteiger partial charge in [-0.05, 0) is 33.6 Å². The molecule has 1 saturated heterocycles. The third-order valence-electron chi connectivity index (χ3n) is 2.97. The molecule has 1 fully saturated rings. The van der Waals surface area contributed by atoms with E-state index in [-0.39, 0.29) is 5.54 Å². The molecule has 0 bridgehead atoms. The van der Waals surface area contributed by atoms with Crippen LogP contribution in [0.2, 0.25) is 0 Å². The SMILES string of the molecule is CCCCCC(C)N=C1NC(C)(C)CCS1. The Labute approximate surface area is 105 Å². The second-order valence-electron chi connectivity index (χ2n) is 5.39. The van der Waals surface area contributed by atoms with Crippen molar-refractivity contribution >= 4 is 16.9 Å². The predicted octanol–water partition coefficient (Wildman–Crippen LogP) is 3.82. The lowest BCUT2D eigenvalue weighted by Gasteiger charge is -2.32. The van der Waals surface area contributed by atoms with Crippen LogP contribution >= 0.6 is 11.8 Å². The van der Waals surface area contributed by atoms with Gasteiger partial charge in [0.15, 0.2) is 5.17 Å². The number of thioether (sulfide) groups is 1. The minimum Gasteiger partial charge on any atom is -0.360 e. The number of nitrogens with zero attached hydrogens (tertiary/aromatic N) is 1. The van der Waals surface area contributed by atoms with Gasteiger partial charge in [0.2, 0.25) is 0 Å². The van der Waals surface area contributed by atoms with E-state index in [9.17, 15) is 0 Å². The Bertz CT molecular complexity index is 236. The number of hydrogen-bond acceptors (Lipinski definition) is 2. The summed E-state index contributed by atoms with van der Waals surface area (Å²) in [7, 11) is 0. The molecule has 0 aliphatic carbocycles. The lowest BCUT2D eigenvalue weighted by molar-refractivity contribution is 0.444. The topological polar surface area (TPSA) is 24.4 Å². The molecule has 1 aliphatic rings. The summed E-state index contributed by atoms with van der Waals surface area (Å²) in [6.07, 6.45) is 6.38. The monoisotopic (exact) mass is 242 g/mol. The summed E-state index contributed by atoms with van der Waals surface area (Å²) in [4.78, 5) is 4.77. The molecule has 0 saturated carbocycles. The molecule has 1 aliphatic heterocycles. The van der Waals surface area contributed by atoms with E-state index in [0.717, 1.165) is 5.17 Å². The number of aliphatic imine (C=N–C) groups is 1. The van der Waals surface area contributed by atoms with Crippen molar-refractivity contribution in [2.45, 2.75) is 71.4 Å². The van der Waals surface area contributed by atoms with E-state index < -0.39 is 0 Å². The summed E-state index contributed by atoms with van der Waals surface area (Å²) in [5.74, 6) is 1.19. The molecule has 1 N–H and O–H groups in total. The average molecular weight is 242 g/mol. The average Bonchev–Trinajstić information content (AvgIpc) is 2.16. The Morgan fingerprint density at radius 1 is 1.44 bits per heavy atom. The van der Waals surface area contributed by atoms with Crippen LogP contribution in [0.3, 0.4) is 0 Å². The summed E-state index contributed by atoms with van der Waals surface area (Å²) in [5.41, 5.74) is 0.229. The summed E-state index contributed by atoms with van der Waals surface area (Å²) >= 11 is 1.87. The molecule has 3 heteroatoms. The van der Waals surface area contributed by atoms with Crippen LogP contribution in [0.25, 0.3) is 0 Å². The highest BCUT2D eigenvalue weighted by Gasteiger charge is 2.24. The van der Waals surface area contributed by atoms with Crippen molar-refractivity contribution < 1.29 is 0 Å². The highest BCUT2D eigenvalue weighted by atomic mass is 32.2. The minimum atomic E-state index is 0.229. The van der Waals surface area contributed by atoms with Gasteiger partial charge in [0, 0.05) is 17.3 Å². The zero-order valence-electron chi connectivity index (χ0n) is 11.2. The van der Waals surface area contributed by atoms with Crippen molar-refractivity contribution in [1.29, 1.82) is 0 Å². The first-order valence-corrected chi connectivity index (χ1v) is 7.51. The van der Waals surface area contributed by atoms with Crippen LogP contribution < -0.4 is 5.32 Å². The van der Waals surface area contributed by atoms with E-state index in [1.54, 1.807) is 0 Å². The summed E-state index contributed by atoms with van der Waals surface area (Å²) in [6.45, 7) is 8.98. The van der Waals surface area contributed by atoms with Crippen LogP contribution in [0.15, 0.2) is 4.99 Å². The van der Waals surface area contributed by atoms with Gasteiger partial charge >= 0.3 is 0 Å². The van der Waals surface area contributed by atoms with Crippen molar-refractivity contribution in [3.05, 3.63) is 0 Å². The molecular formula is C13H26N2S. The zero-order chi connectivity index (χ0) is 12.0. The fourth-order valence-corrected chi connectivity index (χ4v) is 3.22. The first kappa shape index (κ1) is 13.9. The fourth-order valence-electron chi connectivity index (χ4n) is 1.81. The van der Waals surface area contributed by atoms with Gasteiger partial charge in [-0.1, -0.05) is 37.9 Å². The smallest absolute Gasteiger partial charge is 0.157 e. The van der Waals surface area contributed by atoms with Crippen LogP contribution in [0.1, 0.15) is 59.8 Å². The fraction of sp³-hybridized carbons (Fsp3) is 0.923. The predicted molar refractivity (Wildman–Crippen MR) is 75.3 cm³/mol. The molecule has 2 nitrogen and oxygen atoms in total. The van der Waals surface area contributed by atoms with Gasteiger partial charge in [-0.15, -0.1) is 0 Å². The quantitative estimate of drug-likeness (QED) is 0.741. The van der Waals surface area contributed by atoms with Crippen LogP contribution in [-0.4, -0.2) is 22.5 Å². The Hall–Kier alpha value is -0.180. The van der Waals surface area contributed by atoms with E-state index in [2.05, 4.69) is 33.0 Å². The summed E-state index contributed by atoms with van der Waals surface area (Å²) in [6, 6.07) is 0.468. The van der Waals surface area contributed by atoms with E-state index in [1.807, 2.05) is 11.8 Å². The van der Waals surface area contributed by atoms with Gasteiger partial charge in [-0.25, -0.2) is 0 Å². The van der Waals surface area contributed by atoms with Gasteiger partial charge in [-0.3, -0.25) is 4.99 Å². The van der Waals surface area contributed by atoms with Crippen molar-refractivity contribution in [3.63, 3.8) is 0 Å². The molecule has 0 aromatic carbocycles. The Morgan fingerprint density at radius 2 is 2.19 bits per heavy atom. The van der Waals surface area contributed by atoms with Gasteiger partial charge in [-0.2, -0.15) is 0 Å². The Balaban J connectivity index is 2.37. The molecule has 1 atom stereocenters. The van der Waals surface area contributed by atoms with Crippen LogP contribution in [-0.2, 0) is 0 Å². The summed E-state index contributed by atoms with van der Waals surface area (Å²) < 4.78 is 0. The number of amidine groups is 1. The first-order valence-electron chi connectivity index (χ1n) is 6.52. The van der Waals surface area contributed by atoms with Crippen LogP contribution in [0.4, 0.5) is 0 Å². The van der Waals surface area contributed by atoms with E-state index in [4.69, 9.17) is 4.99 Å². The van der Waals surface area contributed by atoms with Crippen molar-refractivity contribution in [3.8, 4) is 0 Å². The van der Waals surface area contributed by atoms with Gasteiger partial charge in [0.25, 0.3) is 0 Å². The molecule has 0 aromatic rings. The second-order valence-corrected chi connectivity index (χ2v) is 6.47. The third kappa shape index (κ3) is 5.24. The Kier molecular flexibility index (Phi) is 5.67. The second kappa shape index (κ2) is 6.53. The Morgan fingerprint density at radius 3 is 2.81 bits per heavy atom. The molecule has 1 heterocycles. The normalized spacial score (nSPS) is 24.1. The molecule has 0 aromatic heterocycles. The lowest BCUT2D eigenvalue weighted by atomic mass is 10.0. The van der Waals surface area contributed by atoms with E-state index in [0.29, 0.717) is 6.04 Å². The van der Waals surface area contributed by atoms with Crippen molar-refractivity contribution in [1.82, 2.24) is 5.32 Å². The third-order valence-corrected chi connectivity index (χ3v) is 3.86. The van der Waals surface area contributed by atoms with Gasteiger partial charge in [0.1, 0.15) is 0 Å². The number of nitrogens with one attached hydrogen (secondary N) is 1. The maximum absolute atomic E-state index is 4.77. The van der Waals surface area contributed by atoms with Gasteiger partial charge < -0.3 is 5.32 Å². The van der Waals surface area contributed by atoms with E-state index in [1.165, 1.54) is 37.9 Å². The van der Waals surface area contributed by atoms with Gasteiger partial charge in [0.05, 0.1) is 0 Å². The number of rotatable bonds is 5. The molecule has 0 spiro atoms. The van der Waals surface area contributed by atoms with Crippen molar-refractivity contribution in [2.75, 3.05) is 5.75 Å². The highest BCUT2D eigenvalue weighted by Crippen LogP contribution is 2.22. The van der Waals surface area contributed by atoms with Crippen LogP contribution in [0.5, 0.6) is 0 Å². The standard InChI is InChI=1S/C13H26N2S/c1-5-6-7-8-11(2)14-12-15-13(3,4)9-10-16-12/h11H,5-10H2,1-4H3,(H,14,15). The number of unbranched alkanes of at least 4 members (excludes halogenated alkanes) is 2. The minimum absolute atomic E-state index is 0.229.